The van der Waals surface area contributed by atoms with E-state index in [1.54, 1.807) is 23.6 Å². The van der Waals surface area contributed by atoms with Gasteiger partial charge in [-0.15, -0.1) is 21.5 Å². The molecule has 2 aromatic heterocycles. The molecule has 0 radical (unpaired) electrons. The Labute approximate surface area is 212 Å². The number of fused-ring (bicyclic) bond motifs is 1. The van der Waals surface area contributed by atoms with Gasteiger partial charge >= 0.3 is 6.09 Å². The van der Waals surface area contributed by atoms with Crippen LogP contribution in [0.15, 0.2) is 35.7 Å². The first-order chi connectivity index (χ1) is 17.1. The number of rotatable bonds is 12. The number of hydrogen-bond acceptors (Lipinski definition) is 9. The minimum atomic E-state index is -1.12. The van der Waals surface area contributed by atoms with E-state index >= 15 is 0 Å². The quantitative estimate of drug-likeness (QED) is 0.323. The first-order valence-corrected chi connectivity index (χ1v) is 12.1. The van der Waals surface area contributed by atoms with Crippen LogP contribution in [-0.2, 0) is 32.3 Å². The number of nitrogens with one attached hydrogen (secondary N) is 1. The maximum absolute atomic E-state index is 12.7. The Morgan fingerprint density at radius 1 is 1.19 bits per heavy atom. The molecule has 5 N–H and O–H groups in total. The predicted octanol–water partition coefficient (Wildman–Crippen LogP) is 1.35. The second-order valence-corrected chi connectivity index (χ2v) is 9.68. The van der Waals surface area contributed by atoms with E-state index in [1.807, 2.05) is 30.3 Å². The molecule has 0 aliphatic rings. The van der Waals surface area contributed by atoms with Crippen molar-refractivity contribution in [3.05, 3.63) is 52.8 Å². The number of nitrogens with two attached hydrogens (primary N) is 2. The number of aromatic nitrogens is 3. The molecule has 12 nitrogen and oxygen atoms in total. The maximum atomic E-state index is 12.7. The Morgan fingerprint density at radius 2 is 1.92 bits per heavy atom. The lowest BCUT2D eigenvalue weighted by atomic mass is 10.1. The standard InChI is InChI=1S/C23H31N7O5S/c1-23(2,25)20(32)26-17(13-34-11-15-7-5-4-6-8-15)19-27-28-21-30(19)16(14-36-21)12-35-22(33)29(3)10-9-18(24)31/h4-8,14,17H,9-13,25H2,1-3H3,(H2,24,31)(H,26,32)/t17-/m1/s1. The summed E-state index contributed by atoms with van der Waals surface area (Å²) in [5, 5.41) is 13.2. The molecule has 3 aromatic rings. The number of amides is 3. The maximum Gasteiger partial charge on any atom is 0.409 e. The molecule has 0 aliphatic carbocycles. The van der Waals surface area contributed by atoms with Crippen molar-refractivity contribution in [2.75, 3.05) is 20.2 Å². The van der Waals surface area contributed by atoms with Crippen molar-refractivity contribution in [1.82, 2.24) is 24.8 Å². The molecule has 0 fully saturated rings. The van der Waals surface area contributed by atoms with Crippen LogP contribution in [0.4, 0.5) is 4.79 Å². The van der Waals surface area contributed by atoms with Gasteiger partial charge < -0.3 is 31.2 Å². The van der Waals surface area contributed by atoms with Gasteiger partial charge in [0.05, 0.1) is 24.4 Å². The van der Waals surface area contributed by atoms with Gasteiger partial charge in [0.1, 0.15) is 12.6 Å². The van der Waals surface area contributed by atoms with Crippen LogP contribution >= 0.6 is 11.3 Å². The summed E-state index contributed by atoms with van der Waals surface area (Å²) in [5.74, 6) is -0.469. The SMILES string of the molecule is CN(CCC(N)=O)C(=O)OCc1csc2nnc([C@@H](COCc3ccccc3)NC(=O)C(C)(C)N)n12. The first-order valence-electron chi connectivity index (χ1n) is 11.3. The fourth-order valence-electron chi connectivity index (χ4n) is 3.13. The fourth-order valence-corrected chi connectivity index (χ4v) is 3.95. The van der Waals surface area contributed by atoms with Gasteiger partial charge in [-0.25, -0.2) is 4.79 Å². The second-order valence-electron chi connectivity index (χ2n) is 8.84. The van der Waals surface area contributed by atoms with Crippen molar-refractivity contribution < 1.29 is 23.9 Å². The zero-order valence-corrected chi connectivity index (χ0v) is 21.3. The van der Waals surface area contributed by atoms with Crippen molar-refractivity contribution in [2.24, 2.45) is 11.5 Å². The average Bonchev–Trinajstić information content (AvgIpc) is 3.43. The third kappa shape index (κ3) is 7.23. The highest BCUT2D eigenvalue weighted by Crippen LogP contribution is 2.22. The summed E-state index contributed by atoms with van der Waals surface area (Å²) in [6.45, 7) is 3.74. The smallest absolute Gasteiger partial charge is 0.409 e. The summed E-state index contributed by atoms with van der Waals surface area (Å²) in [4.78, 5) is 37.8. The lowest BCUT2D eigenvalue weighted by Crippen LogP contribution is -2.51. The molecular formula is C23H31N7O5S. The molecule has 36 heavy (non-hydrogen) atoms. The van der Waals surface area contributed by atoms with Gasteiger partial charge in [-0.1, -0.05) is 30.3 Å². The van der Waals surface area contributed by atoms with Gasteiger partial charge in [-0.2, -0.15) is 0 Å². The van der Waals surface area contributed by atoms with Crippen LogP contribution in [0.2, 0.25) is 0 Å². The Kier molecular flexibility index (Phi) is 8.96. The highest BCUT2D eigenvalue weighted by atomic mass is 32.1. The van der Waals surface area contributed by atoms with E-state index < -0.39 is 23.6 Å². The van der Waals surface area contributed by atoms with Gasteiger partial charge in [0.2, 0.25) is 16.8 Å². The van der Waals surface area contributed by atoms with Crippen molar-refractivity contribution in [2.45, 2.75) is 45.1 Å². The van der Waals surface area contributed by atoms with Crippen LogP contribution in [0.3, 0.4) is 0 Å². The number of carbonyl (C=O) groups is 3. The van der Waals surface area contributed by atoms with Crippen molar-refractivity contribution in [3.63, 3.8) is 0 Å². The van der Waals surface area contributed by atoms with Gasteiger partial charge in [0, 0.05) is 25.4 Å². The molecule has 13 heteroatoms. The summed E-state index contributed by atoms with van der Waals surface area (Å²) in [6, 6.07) is 8.97. The number of hydrogen-bond donors (Lipinski definition) is 3. The van der Waals surface area contributed by atoms with E-state index in [2.05, 4.69) is 15.5 Å². The minimum absolute atomic E-state index is 0.0335. The number of benzene rings is 1. The largest absolute Gasteiger partial charge is 0.443 e. The molecule has 0 aliphatic heterocycles. The molecule has 3 rings (SSSR count). The highest BCUT2D eigenvalue weighted by Gasteiger charge is 2.29. The first kappa shape index (κ1) is 27.0. The van der Waals surface area contributed by atoms with E-state index in [0.29, 0.717) is 23.1 Å². The number of carbonyl (C=O) groups excluding carboxylic acids is 3. The topological polar surface area (TPSA) is 167 Å². The summed E-state index contributed by atoms with van der Waals surface area (Å²) in [5.41, 5.74) is 11.6. The molecule has 0 saturated heterocycles. The number of primary amides is 1. The number of ether oxygens (including phenoxy) is 2. The summed E-state index contributed by atoms with van der Waals surface area (Å²) < 4.78 is 13.0. The monoisotopic (exact) mass is 517 g/mol. The molecule has 0 spiro atoms. The fraction of sp³-hybridized carbons (Fsp3) is 0.435. The van der Waals surface area contributed by atoms with Crippen LogP contribution in [0, 0.1) is 0 Å². The van der Waals surface area contributed by atoms with E-state index in [0.717, 1.165) is 5.56 Å². The van der Waals surface area contributed by atoms with Crippen LogP contribution in [-0.4, -0.2) is 63.1 Å². The molecule has 3 amide bonds. The summed E-state index contributed by atoms with van der Waals surface area (Å²) in [7, 11) is 1.52. The molecule has 0 unspecified atom stereocenters. The van der Waals surface area contributed by atoms with Gasteiger partial charge in [0.15, 0.2) is 5.82 Å². The van der Waals surface area contributed by atoms with E-state index in [-0.39, 0.29) is 32.1 Å². The van der Waals surface area contributed by atoms with E-state index in [4.69, 9.17) is 20.9 Å². The van der Waals surface area contributed by atoms with Gasteiger partial charge in [0.25, 0.3) is 0 Å². The summed E-state index contributed by atoms with van der Waals surface area (Å²) in [6.07, 6.45) is -0.572. The van der Waals surface area contributed by atoms with Crippen molar-refractivity contribution >= 4 is 34.2 Å². The molecular weight excluding hydrogens is 486 g/mol. The van der Waals surface area contributed by atoms with Crippen LogP contribution < -0.4 is 16.8 Å². The lowest BCUT2D eigenvalue weighted by molar-refractivity contribution is -0.126. The molecule has 1 atom stereocenters. The Hall–Kier alpha value is -3.55. The molecule has 0 bridgehead atoms. The number of nitrogens with zero attached hydrogens (tertiary/aromatic N) is 4. The van der Waals surface area contributed by atoms with Crippen molar-refractivity contribution in [1.29, 1.82) is 0 Å². The van der Waals surface area contributed by atoms with Gasteiger partial charge in [-0.3, -0.25) is 14.0 Å². The third-order valence-corrected chi connectivity index (χ3v) is 6.06. The van der Waals surface area contributed by atoms with E-state index in [9.17, 15) is 14.4 Å². The normalized spacial score (nSPS) is 12.3. The third-order valence-electron chi connectivity index (χ3n) is 5.19. The average molecular weight is 518 g/mol. The molecule has 1 aromatic carbocycles. The molecule has 0 saturated carbocycles. The van der Waals surface area contributed by atoms with Crippen LogP contribution in [0.1, 0.15) is 43.4 Å². The summed E-state index contributed by atoms with van der Waals surface area (Å²) >= 11 is 1.32. The minimum Gasteiger partial charge on any atom is -0.443 e. The Morgan fingerprint density at radius 3 is 2.58 bits per heavy atom. The van der Waals surface area contributed by atoms with Gasteiger partial charge in [-0.05, 0) is 19.4 Å². The Bertz CT molecular complexity index is 1190. The highest BCUT2D eigenvalue weighted by molar-refractivity contribution is 7.15. The second kappa shape index (κ2) is 11.9. The van der Waals surface area contributed by atoms with Crippen molar-refractivity contribution in [3.8, 4) is 0 Å². The zero-order chi connectivity index (χ0) is 26.3. The molecule has 2 heterocycles. The lowest BCUT2D eigenvalue weighted by Gasteiger charge is -2.23. The Balaban J connectivity index is 1.77. The van der Waals surface area contributed by atoms with Crippen LogP contribution in [0.25, 0.3) is 4.96 Å². The zero-order valence-electron chi connectivity index (χ0n) is 20.5. The number of thiazole rings is 1. The van der Waals surface area contributed by atoms with E-state index in [1.165, 1.54) is 23.3 Å². The molecule has 194 valence electrons. The van der Waals surface area contributed by atoms with Crippen LogP contribution in [0.5, 0.6) is 0 Å². The predicted molar refractivity (Wildman–Crippen MR) is 133 cm³/mol.